The number of Topliss-reactive ketones (excluding diaryl/α,β-unsaturated/α-hetero) is 1. The maximum Gasteiger partial charge on any atom is 0.146 e. The van der Waals surface area contributed by atoms with Crippen LogP contribution in [0.2, 0.25) is 0 Å². The first kappa shape index (κ1) is 8.50. The van der Waals surface area contributed by atoms with E-state index in [1.54, 1.807) is 0 Å². The molecule has 1 aliphatic rings. The Morgan fingerprint density at radius 3 is 2.60 bits per heavy atom. The number of halogens is 1. The molecule has 0 unspecified atom stereocenters. The molecule has 0 aliphatic heterocycles. The van der Waals surface area contributed by atoms with Crippen LogP contribution in [0.25, 0.3) is 0 Å². The van der Waals surface area contributed by atoms with Crippen molar-refractivity contribution in [3.63, 3.8) is 0 Å². The molecule has 0 amide bonds. The van der Waals surface area contributed by atoms with Gasteiger partial charge in [-0.05, 0) is 18.3 Å². The Morgan fingerprint density at radius 2 is 2.20 bits per heavy atom. The van der Waals surface area contributed by atoms with E-state index in [1.807, 2.05) is 0 Å². The number of carbonyl (C=O) groups is 1. The summed E-state index contributed by atoms with van der Waals surface area (Å²) < 4.78 is 0.249. The molecule has 1 rings (SSSR count). The minimum absolute atomic E-state index is 0.246. The Balaban J connectivity index is 2.69. The van der Waals surface area contributed by atoms with E-state index in [0.717, 1.165) is 12.8 Å². The number of rotatable bonds is 0. The first-order valence-corrected chi connectivity index (χ1v) is 4.95. The Labute approximate surface area is 75.7 Å². The third-order valence-corrected chi connectivity index (χ3v) is 4.59. The molecule has 0 aromatic carbocycles. The number of hydrogen-bond donors (Lipinski definition) is 0. The van der Waals surface area contributed by atoms with Gasteiger partial charge >= 0.3 is 0 Å². The van der Waals surface area contributed by atoms with E-state index in [-0.39, 0.29) is 9.34 Å². The maximum absolute atomic E-state index is 11.2. The molecule has 0 spiro atoms. The fourth-order valence-corrected chi connectivity index (χ4v) is 2.03. The van der Waals surface area contributed by atoms with Gasteiger partial charge in [-0.25, -0.2) is 0 Å². The molecule has 1 nitrogen and oxygen atoms in total. The molecule has 0 N–H and O–H groups in total. The molecule has 1 fully saturated rings. The Morgan fingerprint density at radius 1 is 1.60 bits per heavy atom. The largest absolute Gasteiger partial charge is 0.299 e. The fraction of sp³-hybridized carbons (Fsp3) is 0.875. The van der Waals surface area contributed by atoms with Gasteiger partial charge in [0, 0.05) is 6.42 Å². The van der Waals surface area contributed by atoms with Crippen LogP contribution in [0.1, 0.15) is 33.1 Å². The number of ketones is 1. The lowest BCUT2D eigenvalue weighted by atomic mass is 9.77. The molecule has 0 aromatic rings. The van der Waals surface area contributed by atoms with Crippen LogP contribution >= 0.6 is 22.6 Å². The molecule has 1 saturated carbocycles. The Bertz CT molecular complexity index is 151. The van der Waals surface area contributed by atoms with Gasteiger partial charge in [0.25, 0.3) is 0 Å². The highest BCUT2D eigenvalue weighted by Gasteiger charge is 2.35. The highest BCUT2D eigenvalue weighted by atomic mass is 127. The van der Waals surface area contributed by atoms with Crippen molar-refractivity contribution in [1.29, 1.82) is 0 Å². The van der Waals surface area contributed by atoms with E-state index >= 15 is 0 Å². The summed E-state index contributed by atoms with van der Waals surface area (Å²) in [6.45, 7) is 4.36. The fourth-order valence-electron chi connectivity index (χ4n) is 1.41. The molecular formula is C8H13IO. The molecule has 0 heterocycles. The molecule has 0 radical (unpaired) electrons. The van der Waals surface area contributed by atoms with Crippen molar-refractivity contribution in [2.75, 3.05) is 0 Å². The molecule has 58 valence electrons. The molecule has 1 atom stereocenters. The van der Waals surface area contributed by atoms with Gasteiger partial charge in [0.15, 0.2) is 0 Å². The minimum Gasteiger partial charge on any atom is -0.299 e. The van der Waals surface area contributed by atoms with Gasteiger partial charge in [0.1, 0.15) is 5.78 Å². The normalized spacial score (nSPS) is 32.3. The van der Waals surface area contributed by atoms with Crippen LogP contribution in [0.4, 0.5) is 0 Å². The zero-order valence-electron chi connectivity index (χ0n) is 6.48. The number of alkyl halides is 1. The first-order valence-electron chi connectivity index (χ1n) is 3.71. The van der Waals surface area contributed by atoms with Gasteiger partial charge < -0.3 is 0 Å². The second kappa shape index (κ2) is 2.80. The van der Waals surface area contributed by atoms with Gasteiger partial charge in [-0.2, -0.15) is 0 Å². The quantitative estimate of drug-likeness (QED) is 0.478. The van der Waals surface area contributed by atoms with Crippen LogP contribution in [-0.2, 0) is 4.79 Å². The van der Waals surface area contributed by atoms with Crippen LogP contribution in [0, 0.1) is 5.41 Å². The van der Waals surface area contributed by atoms with Gasteiger partial charge in [0.2, 0.25) is 0 Å². The van der Waals surface area contributed by atoms with E-state index in [0.29, 0.717) is 5.78 Å². The average molecular weight is 252 g/mol. The summed E-state index contributed by atoms with van der Waals surface area (Å²) in [7, 11) is 0. The lowest BCUT2D eigenvalue weighted by molar-refractivity contribution is -0.121. The van der Waals surface area contributed by atoms with Crippen molar-refractivity contribution < 1.29 is 4.79 Å². The van der Waals surface area contributed by atoms with E-state index < -0.39 is 0 Å². The summed E-state index contributed by atoms with van der Waals surface area (Å²) in [4.78, 5) is 11.2. The molecule has 0 saturated heterocycles. The third-order valence-electron chi connectivity index (χ3n) is 2.21. The average Bonchev–Trinajstić information content (AvgIpc) is 1.83. The standard InChI is InChI=1S/C8H13IO/c1-8(2)5-3-4-6(10)7(8)9/h7H,3-5H2,1-2H3/t7-/m1/s1. The molecule has 0 aromatic heterocycles. The van der Waals surface area contributed by atoms with E-state index in [2.05, 4.69) is 36.4 Å². The van der Waals surface area contributed by atoms with Crippen molar-refractivity contribution in [2.24, 2.45) is 5.41 Å². The van der Waals surface area contributed by atoms with Crippen molar-refractivity contribution in [1.82, 2.24) is 0 Å². The molecular weight excluding hydrogens is 239 g/mol. The van der Waals surface area contributed by atoms with Gasteiger partial charge in [-0.1, -0.05) is 36.4 Å². The zero-order valence-corrected chi connectivity index (χ0v) is 8.64. The molecule has 0 bridgehead atoms. The molecule has 2 heteroatoms. The van der Waals surface area contributed by atoms with Gasteiger partial charge in [-0.15, -0.1) is 0 Å². The summed E-state index contributed by atoms with van der Waals surface area (Å²) in [6, 6.07) is 0. The maximum atomic E-state index is 11.2. The molecule has 10 heavy (non-hydrogen) atoms. The van der Waals surface area contributed by atoms with E-state index in [9.17, 15) is 4.79 Å². The predicted molar refractivity (Wildman–Crippen MR) is 50.4 cm³/mol. The van der Waals surface area contributed by atoms with Crippen molar-refractivity contribution in [3.05, 3.63) is 0 Å². The number of hydrogen-bond acceptors (Lipinski definition) is 1. The first-order chi connectivity index (χ1) is 4.54. The van der Waals surface area contributed by atoms with E-state index in [1.165, 1.54) is 6.42 Å². The monoisotopic (exact) mass is 252 g/mol. The van der Waals surface area contributed by atoms with Crippen molar-refractivity contribution in [2.45, 2.75) is 37.0 Å². The molecule has 1 aliphatic carbocycles. The Kier molecular flexibility index (Phi) is 2.38. The van der Waals surface area contributed by atoms with Gasteiger partial charge in [-0.3, -0.25) is 4.79 Å². The topological polar surface area (TPSA) is 17.1 Å². The summed E-state index contributed by atoms with van der Waals surface area (Å²) in [5, 5.41) is 0. The SMILES string of the molecule is CC1(C)CCCC(=O)[C@H]1I. The van der Waals surface area contributed by atoms with Crippen LogP contribution in [0.5, 0.6) is 0 Å². The van der Waals surface area contributed by atoms with Gasteiger partial charge in [0.05, 0.1) is 3.92 Å². The van der Waals surface area contributed by atoms with Crippen molar-refractivity contribution >= 4 is 28.4 Å². The third kappa shape index (κ3) is 1.52. The zero-order chi connectivity index (χ0) is 7.78. The van der Waals surface area contributed by atoms with Crippen LogP contribution in [0.15, 0.2) is 0 Å². The summed E-state index contributed by atoms with van der Waals surface area (Å²) in [5.74, 6) is 0.442. The predicted octanol–water partition coefficient (Wildman–Crippen LogP) is 2.57. The summed E-state index contributed by atoms with van der Waals surface area (Å²) >= 11 is 2.28. The van der Waals surface area contributed by atoms with Crippen molar-refractivity contribution in [3.8, 4) is 0 Å². The Hall–Kier alpha value is 0.400. The summed E-state index contributed by atoms with van der Waals surface area (Å²) in [5.41, 5.74) is 0.246. The minimum atomic E-state index is 0.246. The lowest BCUT2D eigenvalue weighted by Crippen LogP contribution is -2.35. The second-order valence-electron chi connectivity index (χ2n) is 3.67. The van der Waals surface area contributed by atoms with Crippen LogP contribution < -0.4 is 0 Å². The van der Waals surface area contributed by atoms with Crippen LogP contribution in [0.3, 0.4) is 0 Å². The smallest absolute Gasteiger partial charge is 0.146 e. The second-order valence-corrected chi connectivity index (χ2v) is 4.92. The van der Waals surface area contributed by atoms with Crippen LogP contribution in [-0.4, -0.2) is 9.71 Å². The summed E-state index contributed by atoms with van der Waals surface area (Å²) in [6.07, 6.45) is 3.09. The lowest BCUT2D eigenvalue weighted by Gasteiger charge is -2.33. The highest BCUT2D eigenvalue weighted by Crippen LogP contribution is 2.38. The number of carbonyl (C=O) groups excluding carboxylic acids is 1. The highest BCUT2D eigenvalue weighted by molar-refractivity contribution is 14.1. The van der Waals surface area contributed by atoms with E-state index in [4.69, 9.17) is 0 Å².